The van der Waals surface area contributed by atoms with E-state index >= 15 is 0 Å². The maximum absolute atomic E-state index is 11.6. The Bertz CT molecular complexity index is 562. The van der Waals surface area contributed by atoms with Crippen molar-refractivity contribution in [3.63, 3.8) is 0 Å². The van der Waals surface area contributed by atoms with Crippen LogP contribution in [0.25, 0.3) is 0 Å². The zero-order valence-electron chi connectivity index (χ0n) is 10.5. The Morgan fingerprint density at radius 2 is 1.84 bits per heavy atom. The van der Waals surface area contributed by atoms with Crippen LogP contribution in [0.5, 0.6) is 0 Å². The summed E-state index contributed by atoms with van der Waals surface area (Å²) in [5.74, 6) is -1.29. The molecule has 2 rings (SSSR count). The molecule has 0 aliphatic carbocycles. The van der Waals surface area contributed by atoms with Gasteiger partial charge in [0.15, 0.2) is 0 Å². The summed E-state index contributed by atoms with van der Waals surface area (Å²) in [6, 6.07) is 9.18. The molecule has 0 aliphatic rings. The molecule has 19 heavy (non-hydrogen) atoms. The van der Waals surface area contributed by atoms with Gasteiger partial charge in [-0.1, -0.05) is 17.7 Å². The number of hydrogen-bond donors (Lipinski definition) is 2. The van der Waals surface area contributed by atoms with Gasteiger partial charge in [0.25, 0.3) is 0 Å². The number of carbonyl (C=O) groups excluding carboxylic acids is 2. The van der Waals surface area contributed by atoms with E-state index in [4.69, 9.17) is 0 Å². The Balaban J connectivity index is 1.85. The zero-order chi connectivity index (χ0) is 13.7. The van der Waals surface area contributed by atoms with E-state index in [0.29, 0.717) is 12.2 Å². The lowest BCUT2D eigenvalue weighted by atomic mass is 10.2. The second-order valence-corrected chi connectivity index (χ2v) is 4.91. The van der Waals surface area contributed by atoms with E-state index < -0.39 is 11.8 Å². The Morgan fingerprint density at radius 1 is 1.11 bits per heavy atom. The summed E-state index contributed by atoms with van der Waals surface area (Å²) in [5, 5.41) is 8.98. The van der Waals surface area contributed by atoms with Gasteiger partial charge in [-0.2, -0.15) is 11.3 Å². The number of aryl methyl sites for hydroxylation is 1. The minimum atomic E-state index is -0.654. The lowest BCUT2D eigenvalue weighted by Gasteiger charge is -2.06. The fourth-order valence-electron chi connectivity index (χ4n) is 1.48. The maximum atomic E-state index is 11.6. The number of rotatable bonds is 3. The number of amides is 2. The van der Waals surface area contributed by atoms with Crippen molar-refractivity contribution in [1.29, 1.82) is 0 Å². The van der Waals surface area contributed by atoms with Gasteiger partial charge in [-0.3, -0.25) is 9.59 Å². The summed E-state index contributed by atoms with van der Waals surface area (Å²) in [4.78, 5) is 23.2. The number of anilines is 1. The fraction of sp³-hybridized carbons (Fsp3) is 0.143. The summed E-state index contributed by atoms with van der Waals surface area (Å²) in [6.07, 6.45) is 0. The van der Waals surface area contributed by atoms with Crippen LogP contribution in [0.1, 0.15) is 11.1 Å². The van der Waals surface area contributed by atoms with Crippen LogP contribution < -0.4 is 10.6 Å². The smallest absolute Gasteiger partial charge is 0.313 e. The minimum Gasteiger partial charge on any atom is -0.344 e. The molecule has 2 aromatic rings. The molecule has 0 spiro atoms. The second kappa shape index (κ2) is 6.15. The molecule has 0 bridgehead atoms. The predicted molar refractivity (Wildman–Crippen MR) is 76.0 cm³/mol. The van der Waals surface area contributed by atoms with E-state index in [9.17, 15) is 9.59 Å². The van der Waals surface area contributed by atoms with Crippen LogP contribution in [0.15, 0.2) is 41.1 Å². The number of hydrogen-bond acceptors (Lipinski definition) is 3. The van der Waals surface area contributed by atoms with Crippen LogP contribution >= 0.6 is 11.3 Å². The van der Waals surface area contributed by atoms with E-state index in [1.807, 2.05) is 35.9 Å². The molecular formula is C14H14N2O2S. The maximum Gasteiger partial charge on any atom is 0.313 e. The number of thiophene rings is 1. The normalized spacial score (nSPS) is 9.95. The van der Waals surface area contributed by atoms with Gasteiger partial charge in [0.2, 0.25) is 0 Å². The first-order valence-corrected chi connectivity index (χ1v) is 6.76. The molecule has 0 radical (unpaired) electrons. The molecule has 0 saturated carbocycles. The predicted octanol–water partition coefficient (Wildman–Crippen LogP) is 2.31. The average molecular weight is 274 g/mol. The van der Waals surface area contributed by atoms with Gasteiger partial charge in [0.05, 0.1) is 0 Å². The fourth-order valence-corrected chi connectivity index (χ4v) is 2.15. The molecule has 98 valence electrons. The highest BCUT2D eigenvalue weighted by Crippen LogP contribution is 2.08. The summed E-state index contributed by atoms with van der Waals surface area (Å²) >= 11 is 1.55. The van der Waals surface area contributed by atoms with Crippen molar-refractivity contribution in [3.8, 4) is 0 Å². The van der Waals surface area contributed by atoms with E-state index in [2.05, 4.69) is 10.6 Å². The molecule has 0 unspecified atom stereocenters. The van der Waals surface area contributed by atoms with Crippen LogP contribution in [-0.2, 0) is 16.1 Å². The van der Waals surface area contributed by atoms with E-state index in [-0.39, 0.29) is 0 Å². The molecule has 0 aliphatic heterocycles. The second-order valence-electron chi connectivity index (χ2n) is 4.13. The Morgan fingerprint density at radius 3 is 2.47 bits per heavy atom. The Kier molecular flexibility index (Phi) is 4.30. The Labute approximate surface area is 115 Å². The van der Waals surface area contributed by atoms with Crippen LogP contribution in [0.4, 0.5) is 5.69 Å². The zero-order valence-corrected chi connectivity index (χ0v) is 11.3. The van der Waals surface area contributed by atoms with Crippen LogP contribution in [0.2, 0.25) is 0 Å². The van der Waals surface area contributed by atoms with Gasteiger partial charge in [-0.25, -0.2) is 0 Å². The third-order valence-electron chi connectivity index (χ3n) is 2.55. The van der Waals surface area contributed by atoms with E-state index in [1.54, 1.807) is 23.5 Å². The van der Waals surface area contributed by atoms with Crippen molar-refractivity contribution in [2.75, 3.05) is 5.32 Å². The molecule has 1 aromatic carbocycles. The molecule has 2 amide bonds. The standard InChI is InChI=1S/C14H14N2O2S/c1-10-2-4-12(5-3-10)16-14(18)13(17)15-8-11-6-7-19-9-11/h2-7,9H,8H2,1H3,(H,15,17)(H,16,18). The number of carbonyl (C=O) groups is 2. The van der Waals surface area contributed by atoms with Gasteiger partial charge in [-0.05, 0) is 41.4 Å². The van der Waals surface area contributed by atoms with Crippen molar-refractivity contribution in [1.82, 2.24) is 5.32 Å². The molecule has 1 heterocycles. The molecular weight excluding hydrogens is 260 g/mol. The number of benzene rings is 1. The largest absolute Gasteiger partial charge is 0.344 e. The quantitative estimate of drug-likeness (QED) is 0.844. The van der Waals surface area contributed by atoms with Crippen molar-refractivity contribution >= 4 is 28.8 Å². The third-order valence-corrected chi connectivity index (χ3v) is 3.28. The van der Waals surface area contributed by atoms with Gasteiger partial charge in [-0.15, -0.1) is 0 Å². The highest BCUT2D eigenvalue weighted by atomic mass is 32.1. The van der Waals surface area contributed by atoms with Crippen LogP contribution in [0.3, 0.4) is 0 Å². The van der Waals surface area contributed by atoms with E-state index in [0.717, 1.165) is 11.1 Å². The van der Waals surface area contributed by atoms with Crippen LogP contribution in [-0.4, -0.2) is 11.8 Å². The molecule has 0 saturated heterocycles. The highest BCUT2D eigenvalue weighted by molar-refractivity contribution is 7.07. The lowest BCUT2D eigenvalue weighted by Crippen LogP contribution is -2.34. The molecule has 2 N–H and O–H groups in total. The summed E-state index contributed by atoms with van der Waals surface area (Å²) in [5.41, 5.74) is 2.70. The topological polar surface area (TPSA) is 58.2 Å². The van der Waals surface area contributed by atoms with Crippen molar-refractivity contribution in [2.45, 2.75) is 13.5 Å². The van der Waals surface area contributed by atoms with Crippen molar-refractivity contribution in [3.05, 3.63) is 52.2 Å². The third kappa shape index (κ3) is 3.93. The SMILES string of the molecule is Cc1ccc(NC(=O)C(=O)NCc2ccsc2)cc1. The van der Waals surface area contributed by atoms with Crippen LogP contribution in [0, 0.1) is 6.92 Å². The molecule has 1 aromatic heterocycles. The van der Waals surface area contributed by atoms with E-state index in [1.165, 1.54) is 0 Å². The average Bonchev–Trinajstić information content (AvgIpc) is 2.91. The molecule has 5 heteroatoms. The van der Waals surface area contributed by atoms with Crippen molar-refractivity contribution in [2.24, 2.45) is 0 Å². The minimum absolute atomic E-state index is 0.365. The molecule has 0 atom stereocenters. The molecule has 0 fully saturated rings. The summed E-state index contributed by atoms with van der Waals surface area (Å²) in [7, 11) is 0. The number of nitrogens with one attached hydrogen (secondary N) is 2. The van der Waals surface area contributed by atoms with Crippen molar-refractivity contribution < 1.29 is 9.59 Å². The molecule has 4 nitrogen and oxygen atoms in total. The van der Waals surface area contributed by atoms with Gasteiger partial charge < -0.3 is 10.6 Å². The highest BCUT2D eigenvalue weighted by Gasteiger charge is 2.13. The summed E-state index contributed by atoms with van der Waals surface area (Å²) < 4.78 is 0. The first-order chi connectivity index (χ1) is 9.15. The summed E-state index contributed by atoms with van der Waals surface area (Å²) in [6.45, 7) is 2.32. The first-order valence-electron chi connectivity index (χ1n) is 5.82. The monoisotopic (exact) mass is 274 g/mol. The lowest BCUT2D eigenvalue weighted by molar-refractivity contribution is -0.136. The van der Waals surface area contributed by atoms with Gasteiger partial charge in [0.1, 0.15) is 0 Å². The van der Waals surface area contributed by atoms with Gasteiger partial charge >= 0.3 is 11.8 Å². The van der Waals surface area contributed by atoms with Gasteiger partial charge in [0, 0.05) is 12.2 Å². The first kappa shape index (κ1) is 13.3. The Hall–Kier alpha value is -2.14.